The smallest absolute Gasteiger partial charge is 0.160 e. The number of unbranched alkanes of at least 4 members (excludes halogenated alkanes) is 3. The predicted molar refractivity (Wildman–Crippen MR) is 104 cm³/mol. The number of carbonyl (C=O) groups is 1. The second-order valence-corrected chi connectivity index (χ2v) is 8.93. The lowest BCUT2D eigenvalue weighted by molar-refractivity contribution is 0.112. The normalized spacial score (nSPS) is 11.0. The third kappa shape index (κ3) is 4.19. The minimum Gasteiger partial charge on any atom is -0.297 e. The van der Waals surface area contributed by atoms with E-state index < -0.39 is 0 Å². The van der Waals surface area contributed by atoms with Crippen molar-refractivity contribution in [3.8, 4) is 19.5 Å². The molecule has 0 aliphatic heterocycles. The number of rotatable bonds is 8. The maximum Gasteiger partial charge on any atom is 0.160 e. The first-order chi connectivity index (χ1) is 11.3. The monoisotopic (exact) mass is 360 g/mol. The van der Waals surface area contributed by atoms with Gasteiger partial charge in [0.1, 0.15) is 0 Å². The molecule has 0 amide bonds. The van der Waals surface area contributed by atoms with Crippen LogP contribution in [0, 0.1) is 0 Å². The highest BCUT2D eigenvalue weighted by molar-refractivity contribution is 7.26. The molecule has 120 valence electrons. The number of hydrogen-bond acceptors (Lipinski definition) is 4. The maximum atomic E-state index is 10.8. The van der Waals surface area contributed by atoms with Crippen LogP contribution in [0.2, 0.25) is 0 Å². The van der Waals surface area contributed by atoms with Crippen molar-refractivity contribution in [1.82, 2.24) is 0 Å². The largest absolute Gasteiger partial charge is 0.297 e. The average Bonchev–Trinajstić information content (AvgIpc) is 3.30. The van der Waals surface area contributed by atoms with E-state index in [0.29, 0.717) is 0 Å². The Labute approximate surface area is 149 Å². The Kier molecular flexibility index (Phi) is 5.81. The molecular weight excluding hydrogens is 340 g/mol. The molecule has 0 atom stereocenters. The van der Waals surface area contributed by atoms with Crippen molar-refractivity contribution in [3.05, 3.63) is 46.2 Å². The van der Waals surface area contributed by atoms with Gasteiger partial charge in [-0.15, -0.1) is 34.0 Å². The Morgan fingerprint density at radius 1 is 0.783 bits per heavy atom. The molecule has 3 rings (SSSR count). The summed E-state index contributed by atoms with van der Waals surface area (Å²) in [7, 11) is 0. The molecule has 0 aromatic carbocycles. The van der Waals surface area contributed by atoms with Crippen molar-refractivity contribution in [2.24, 2.45) is 0 Å². The average molecular weight is 361 g/mol. The molecule has 0 aliphatic carbocycles. The number of aldehydes is 1. The van der Waals surface area contributed by atoms with Gasteiger partial charge in [0, 0.05) is 24.4 Å². The van der Waals surface area contributed by atoms with Gasteiger partial charge in [-0.05, 0) is 49.2 Å². The summed E-state index contributed by atoms with van der Waals surface area (Å²) in [4.78, 5) is 18.2. The van der Waals surface area contributed by atoms with Crippen LogP contribution in [0.4, 0.5) is 0 Å². The van der Waals surface area contributed by atoms with Crippen LogP contribution in [0.3, 0.4) is 0 Å². The quantitative estimate of drug-likeness (QED) is 0.308. The van der Waals surface area contributed by atoms with Gasteiger partial charge in [-0.3, -0.25) is 4.79 Å². The molecule has 0 bridgehead atoms. The lowest BCUT2D eigenvalue weighted by Crippen LogP contribution is -1.80. The number of thiophene rings is 3. The summed E-state index contributed by atoms with van der Waals surface area (Å²) in [6, 6.07) is 12.8. The van der Waals surface area contributed by atoms with E-state index in [1.54, 1.807) is 11.3 Å². The maximum absolute atomic E-state index is 10.8. The number of hydrogen-bond donors (Lipinski definition) is 0. The summed E-state index contributed by atoms with van der Waals surface area (Å²) in [6.07, 6.45) is 7.40. The minimum atomic E-state index is 0.792. The van der Waals surface area contributed by atoms with Gasteiger partial charge >= 0.3 is 0 Å². The molecule has 0 fully saturated rings. The first-order valence-electron chi connectivity index (χ1n) is 8.04. The van der Waals surface area contributed by atoms with E-state index in [1.807, 2.05) is 34.8 Å². The minimum absolute atomic E-state index is 0.792. The fraction of sp³-hybridized carbons (Fsp3) is 0.316. The molecular formula is C19H20OS3. The molecule has 1 nitrogen and oxygen atoms in total. The van der Waals surface area contributed by atoms with E-state index >= 15 is 0 Å². The highest BCUT2D eigenvalue weighted by Gasteiger charge is 2.09. The van der Waals surface area contributed by atoms with Crippen molar-refractivity contribution >= 4 is 40.3 Å². The van der Waals surface area contributed by atoms with E-state index in [-0.39, 0.29) is 0 Å². The second-order valence-electron chi connectivity index (χ2n) is 5.56. The molecule has 3 aromatic heterocycles. The van der Waals surface area contributed by atoms with E-state index in [1.165, 1.54) is 56.5 Å². The zero-order valence-electron chi connectivity index (χ0n) is 13.2. The summed E-state index contributed by atoms with van der Waals surface area (Å²) < 4.78 is 0. The molecule has 0 aliphatic rings. The van der Waals surface area contributed by atoms with Crippen LogP contribution in [0.25, 0.3) is 19.5 Å². The van der Waals surface area contributed by atoms with E-state index in [0.717, 1.165) is 11.2 Å². The van der Waals surface area contributed by atoms with Crippen LogP contribution in [0.5, 0.6) is 0 Å². The van der Waals surface area contributed by atoms with Crippen molar-refractivity contribution in [3.63, 3.8) is 0 Å². The van der Waals surface area contributed by atoms with Gasteiger partial charge in [0.25, 0.3) is 0 Å². The third-order valence-electron chi connectivity index (χ3n) is 3.77. The number of aryl methyl sites for hydroxylation is 1. The highest BCUT2D eigenvalue weighted by Crippen LogP contribution is 2.39. The van der Waals surface area contributed by atoms with E-state index in [4.69, 9.17) is 0 Å². The van der Waals surface area contributed by atoms with E-state index in [2.05, 4.69) is 31.2 Å². The molecule has 0 N–H and O–H groups in total. The molecule has 3 heterocycles. The molecule has 0 radical (unpaired) electrons. The Balaban J connectivity index is 1.68. The predicted octanol–water partition coefficient (Wildman–Crippen LogP) is 7.14. The third-order valence-corrected chi connectivity index (χ3v) is 7.41. The van der Waals surface area contributed by atoms with Crippen LogP contribution in [0.15, 0.2) is 36.4 Å². The summed E-state index contributed by atoms with van der Waals surface area (Å²) in [5.74, 6) is 0. The van der Waals surface area contributed by atoms with Gasteiger partial charge in [-0.25, -0.2) is 0 Å². The Hall–Kier alpha value is -1.23. The zero-order chi connectivity index (χ0) is 16.1. The topological polar surface area (TPSA) is 17.1 Å². The molecule has 23 heavy (non-hydrogen) atoms. The molecule has 0 unspecified atom stereocenters. The lowest BCUT2D eigenvalue weighted by Gasteiger charge is -1.96. The highest BCUT2D eigenvalue weighted by atomic mass is 32.1. The molecule has 3 aromatic rings. The first-order valence-corrected chi connectivity index (χ1v) is 10.5. The summed E-state index contributed by atoms with van der Waals surface area (Å²) in [6.45, 7) is 2.25. The number of carbonyl (C=O) groups excluding carboxylic acids is 1. The Morgan fingerprint density at radius 2 is 1.43 bits per heavy atom. The second kappa shape index (κ2) is 8.04. The molecule has 4 heteroatoms. The van der Waals surface area contributed by atoms with Crippen LogP contribution in [0.1, 0.15) is 47.2 Å². The van der Waals surface area contributed by atoms with Crippen molar-refractivity contribution in [2.45, 2.75) is 39.0 Å². The SMILES string of the molecule is CCCCCCc1ccc(-c2ccc(-c3ccc(C=O)s3)s2)s1. The summed E-state index contributed by atoms with van der Waals surface area (Å²) >= 11 is 5.29. The van der Waals surface area contributed by atoms with Crippen molar-refractivity contribution < 1.29 is 4.79 Å². The van der Waals surface area contributed by atoms with E-state index in [9.17, 15) is 4.79 Å². The standard InChI is InChI=1S/C19H20OS3/c1-2-3-4-5-6-14-7-9-16(21-14)18-11-12-19(23-18)17-10-8-15(13-20)22-17/h7-13H,2-6H2,1H3. The van der Waals surface area contributed by atoms with Crippen LogP contribution in [-0.2, 0) is 6.42 Å². The van der Waals surface area contributed by atoms with Gasteiger partial charge < -0.3 is 0 Å². The Morgan fingerprint density at radius 3 is 2.13 bits per heavy atom. The van der Waals surface area contributed by atoms with Crippen molar-refractivity contribution in [2.75, 3.05) is 0 Å². The molecule has 0 saturated carbocycles. The Bertz CT molecular complexity index is 763. The summed E-state index contributed by atoms with van der Waals surface area (Å²) in [5, 5.41) is 0. The lowest BCUT2D eigenvalue weighted by atomic mass is 10.1. The zero-order valence-corrected chi connectivity index (χ0v) is 15.7. The molecule has 0 spiro atoms. The van der Waals surface area contributed by atoms with Gasteiger partial charge in [0.2, 0.25) is 0 Å². The van der Waals surface area contributed by atoms with Crippen LogP contribution >= 0.6 is 34.0 Å². The van der Waals surface area contributed by atoms with Gasteiger partial charge in [0.15, 0.2) is 6.29 Å². The molecule has 0 saturated heterocycles. The van der Waals surface area contributed by atoms with Crippen LogP contribution in [-0.4, -0.2) is 6.29 Å². The fourth-order valence-corrected chi connectivity index (χ4v) is 5.58. The first kappa shape index (κ1) is 16.6. The van der Waals surface area contributed by atoms with Gasteiger partial charge in [-0.1, -0.05) is 26.2 Å². The van der Waals surface area contributed by atoms with Gasteiger partial charge in [-0.2, -0.15) is 0 Å². The van der Waals surface area contributed by atoms with Crippen molar-refractivity contribution in [1.29, 1.82) is 0 Å². The summed E-state index contributed by atoms with van der Waals surface area (Å²) in [5.41, 5.74) is 0. The van der Waals surface area contributed by atoms with Gasteiger partial charge in [0.05, 0.1) is 4.88 Å². The fourth-order valence-electron chi connectivity index (χ4n) is 2.52. The van der Waals surface area contributed by atoms with Crippen LogP contribution < -0.4 is 0 Å².